The maximum atomic E-state index is 12.6. The molecule has 3 aromatic rings. The average molecular weight is 355 g/mol. The number of amides is 1. The summed E-state index contributed by atoms with van der Waals surface area (Å²) < 4.78 is 6.93. The van der Waals surface area contributed by atoms with E-state index in [9.17, 15) is 9.59 Å². The van der Waals surface area contributed by atoms with E-state index in [0.29, 0.717) is 17.0 Å². The second kappa shape index (κ2) is 7.72. The molecular formula is C20H25N3O3. The maximum Gasteiger partial charge on any atom is 0.297 e. The number of nitrogens with one attached hydrogen (secondary N) is 1. The second-order valence-corrected chi connectivity index (χ2v) is 7.25. The highest BCUT2D eigenvalue weighted by atomic mass is 16.3. The number of carbonyl (C=O) groups excluding carboxylic acids is 1. The minimum atomic E-state index is -0.339. The van der Waals surface area contributed by atoms with Crippen molar-refractivity contribution in [1.29, 1.82) is 0 Å². The molecule has 0 fully saturated rings. The van der Waals surface area contributed by atoms with Gasteiger partial charge in [0.05, 0.1) is 6.33 Å². The van der Waals surface area contributed by atoms with Crippen molar-refractivity contribution in [3.8, 4) is 0 Å². The van der Waals surface area contributed by atoms with Crippen molar-refractivity contribution in [2.75, 3.05) is 0 Å². The predicted octanol–water partition coefficient (Wildman–Crippen LogP) is 3.47. The highest BCUT2D eigenvalue weighted by Crippen LogP contribution is 2.23. The molecule has 0 saturated heterocycles. The van der Waals surface area contributed by atoms with Crippen LogP contribution in [0.25, 0.3) is 22.1 Å². The molecule has 1 atom stereocenters. The Hall–Kier alpha value is -2.63. The number of benzene rings is 1. The van der Waals surface area contributed by atoms with Gasteiger partial charge in [-0.05, 0) is 31.4 Å². The number of para-hydroxylation sites is 1. The Kier molecular flexibility index (Phi) is 5.40. The van der Waals surface area contributed by atoms with Crippen molar-refractivity contribution in [1.82, 2.24) is 14.9 Å². The van der Waals surface area contributed by atoms with E-state index in [4.69, 9.17) is 4.42 Å². The van der Waals surface area contributed by atoms with Crippen LogP contribution >= 0.6 is 0 Å². The summed E-state index contributed by atoms with van der Waals surface area (Å²) in [6, 6.07) is 7.46. The standard InChI is InChI=1S/C20H25N3O3/c1-13(2)7-6-8-14(3)22-17(24)11-23-12-21-18-15-9-4-5-10-16(15)26-19(18)20(23)25/h4-5,9-10,12-14H,6-8,11H2,1-3H3,(H,22,24). The summed E-state index contributed by atoms with van der Waals surface area (Å²) in [5, 5.41) is 3.75. The third-order valence-corrected chi connectivity index (χ3v) is 4.49. The Morgan fingerprint density at radius 1 is 1.23 bits per heavy atom. The Bertz CT molecular complexity index is 971. The van der Waals surface area contributed by atoms with Crippen molar-refractivity contribution in [2.45, 2.75) is 52.6 Å². The van der Waals surface area contributed by atoms with E-state index in [-0.39, 0.29) is 29.6 Å². The van der Waals surface area contributed by atoms with Gasteiger partial charge in [-0.3, -0.25) is 14.2 Å². The lowest BCUT2D eigenvalue weighted by atomic mass is 10.0. The van der Waals surface area contributed by atoms with E-state index in [1.54, 1.807) is 6.07 Å². The Morgan fingerprint density at radius 2 is 2.00 bits per heavy atom. The molecule has 0 bridgehead atoms. The predicted molar refractivity (Wildman–Crippen MR) is 102 cm³/mol. The number of carbonyl (C=O) groups is 1. The first-order valence-corrected chi connectivity index (χ1v) is 9.11. The summed E-state index contributed by atoms with van der Waals surface area (Å²) in [6.45, 7) is 6.31. The fourth-order valence-corrected chi connectivity index (χ4v) is 3.11. The third-order valence-electron chi connectivity index (χ3n) is 4.49. The van der Waals surface area contributed by atoms with E-state index < -0.39 is 0 Å². The van der Waals surface area contributed by atoms with Gasteiger partial charge in [-0.25, -0.2) is 4.98 Å². The van der Waals surface area contributed by atoms with Gasteiger partial charge in [0, 0.05) is 11.4 Å². The summed E-state index contributed by atoms with van der Waals surface area (Å²) in [6.07, 6.45) is 4.56. The van der Waals surface area contributed by atoms with Crippen LogP contribution in [-0.4, -0.2) is 21.5 Å². The van der Waals surface area contributed by atoms with Crippen LogP contribution in [0.15, 0.2) is 39.8 Å². The SMILES string of the molecule is CC(C)CCCC(C)NC(=O)Cn1cnc2c(oc3ccccc32)c1=O. The van der Waals surface area contributed by atoms with E-state index in [0.717, 1.165) is 24.6 Å². The van der Waals surface area contributed by atoms with Gasteiger partial charge in [0.1, 0.15) is 17.6 Å². The van der Waals surface area contributed by atoms with Crippen LogP contribution in [0.5, 0.6) is 0 Å². The Morgan fingerprint density at radius 3 is 2.77 bits per heavy atom. The number of rotatable bonds is 7. The normalized spacial score (nSPS) is 12.8. The highest BCUT2D eigenvalue weighted by molar-refractivity contribution is 6.01. The first-order valence-electron chi connectivity index (χ1n) is 9.11. The van der Waals surface area contributed by atoms with Gasteiger partial charge in [0.2, 0.25) is 11.5 Å². The molecule has 1 aromatic carbocycles. The summed E-state index contributed by atoms with van der Waals surface area (Å²) >= 11 is 0. The number of furan rings is 1. The van der Waals surface area contributed by atoms with Crippen molar-refractivity contribution in [3.05, 3.63) is 40.9 Å². The summed E-state index contributed by atoms with van der Waals surface area (Å²) in [7, 11) is 0. The van der Waals surface area contributed by atoms with Crippen LogP contribution in [0.2, 0.25) is 0 Å². The fraction of sp³-hybridized carbons (Fsp3) is 0.450. The van der Waals surface area contributed by atoms with Gasteiger partial charge < -0.3 is 9.73 Å². The van der Waals surface area contributed by atoms with Crippen LogP contribution in [0.1, 0.15) is 40.0 Å². The number of hydrogen-bond acceptors (Lipinski definition) is 4. The van der Waals surface area contributed by atoms with Crippen LogP contribution in [0.3, 0.4) is 0 Å². The molecule has 0 aliphatic heterocycles. The number of fused-ring (bicyclic) bond motifs is 3. The van der Waals surface area contributed by atoms with Crippen LogP contribution in [-0.2, 0) is 11.3 Å². The van der Waals surface area contributed by atoms with Gasteiger partial charge in [-0.15, -0.1) is 0 Å². The molecule has 3 rings (SSSR count). The third kappa shape index (κ3) is 3.95. The van der Waals surface area contributed by atoms with Crippen molar-refractivity contribution in [2.24, 2.45) is 5.92 Å². The number of hydrogen-bond donors (Lipinski definition) is 1. The van der Waals surface area contributed by atoms with Gasteiger partial charge in [0.25, 0.3) is 5.56 Å². The van der Waals surface area contributed by atoms with E-state index in [1.165, 1.54) is 10.9 Å². The molecule has 1 unspecified atom stereocenters. The lowest BCUT2D eigenvalue weighted by Crippen LogP contribution is -2.37. The number of nitrogens with zero attached hydrogens (tertiary/aromatic N) is 2. The highest BCUT2D eigenvalue weighted by Gasteiger charge is 2.15. The molecule has 1 amide bonds. The zero-order valence-corrected chi connectivity index (χ0v) is 15.5. The quantitative estimate of drug-likeness (QED) is 0.704. The molecular weight excluding hydrogens is 330 g/mol. The van der Waals surface area contributed by atoms with Gasteiger partial charge in [-0.2, -0.15) is 0 Å². The minimum Gasteiger partial charge on any atom is -0.448 e. The maximum absolute atomic E-state index is 12.6. The van der Waals surface area contributed by atoms with Crippen molar-refractivity contribution >= 4 is 28.0 Å². The smallest absolute Gasteiger partial charge is 0.297 e. The fourth-order valence-electron chi connectivity index (χ4n) is 3.11. The van der Waals surface area contributed by atoms with Gasteiger partial charge in [0.15, 0.2) is 0 Å². The van der Waals surface area contributed by atoms with Crippen molar-refractivity contribution in [3.63, 3.8) is 0 Å². The molecule has 138 valence electrons. The largest absolute Gasteiger partial charge is 0.448 e. The summed E-state index contributed by atoms with van der Waals surface area (Å²) in [4.78, 5) is 29.2. The van der Waals surface area contributed by atoms with E-state index in [2.05, 4.69) is 24.1 Å². The lowest BCUT2D eigenvalue weighted by Gasteiger charge is -2.15. The topological polar surface area (TPSA) is 77.1 Å². The molecule has 0 radical (unpaired) electrons. The lowest BCUT2D eigenvalue weighted by molar-refractivity contribution is -0.122. The molecule has 26 heavy (non-hydrogen) atoms. The summed E-state index contributed by atoms with van der Waals surface area (Å²) in [5.41, 5.74) is 0.998. The molecule has 1 N–H and O–H groups in total. The van der Waals surface area contributed by atoms with Crippen LogP contribution < -0.4 is 10.9 Å². The molecule has 6 heteroatoms. The van der Waals surface area contributed by atoms with Crippen LogP contribution in [0, 0.1) is 5.92 Å². The van der Waals surface area contributed by atoms with Crippen LogP contribution in [0.4, 0.5) is 0 Å². The molecule has 0 aliphatic carbocycles. The second-order valence-electron chi connectivity index (χ2n) is 7.25. The van der Waals surface area contributed by atoms with Gasteiger partial charge >= 0.3 is 0 Å². The summed E-state index contributed by atoms with van der Waals surface area (Å²) in [5.74, 6) is 0.472. The monoisotopic (exact) mass is 355 g/mol. The average Bonchev–Trinajstić information content (AvgIpc) is 2.96. The zero-order valence-electron chi connectivity index (χ0n) is 15.5. The van der Waals surface area contributed by atoms with Crippen molar-refractivity contribution < 1.29 is 9.21 Å². The molecule has 0 saturated carbocycles. The Balaban J connectivity index is 1.70. The van der Waals surface area contributed by atoms with E-state index >= 15 is 0 Å². The van der Waals surface area contributed by atoms with E-state index in [1.807, 2.05) is 25.1 Å². The Labute approximate surface area is 152 Å². The molecule has 2 heterocycles. The van der Waals surface area contributed by atoms with Gasteiger partial charge in [-0.1, -0.05) is 38.8 Å². The molecule has 2 aromatic heterocycles. The molecule has 0 spiro atoms. The molecule has 6 nitrogen and oxygen atoms in total. The molecule has 0 aliphatic rings. The number of aromatic nitrogens is 2. The zero-order chi connectivity index (χ0) is 18.7. The first kappa shape index (κ1) is 18.2. The first-order chi connectivity index (χ1) is 12.5. The minimum absolute atomic E-state index is 0.0622.